The lowest BCUT2D eigenvalue weighted by molar-refractivity contribution is 0.100. The van der Waals surface area contributed by atoms with Crippen LogP contribution in [0.3, 0.4) is 0 Å². The zero-order valence-electron chi connectivity index (χ0n) is 13.3. The standard InChI is InChI=1S/C16H18N6O/c1-4-22-14-13(9(2)21-22)18-10(3)19-16(14)20-12-7-5-6-11(8-12)15(17)23/h5-8H,4H2,1-3H3,(H2,17,23)(H,18,19,20). The highest BCUT2D eigenvalue weighted by Gasteiger charge is 2.15. The number of hydrogen-bond donors (Lipinski definition) is 2. The number of rotatable bonds is 4. The molecule has 1 amide bonds. The van der Waals surface area contributed by atoms with Crippen molar-refractivity contribution in [1.82, 2.24) is 19.7 Å². The molecule has 23 heavy (non-hydrogen) atoms. The summed E-state index contributed by atoms with van der Waals surface area (Å²) in [5, 5.41) is 7.75. The van der Waals surface area contributed by atoms with Crippen LogP contribution < -0.4 is 11.1 Å². The fourth-order valence-corrected chi connectivity index (χ4v) is 2.54. The van der Waals surface area contributed by atoms with Crippen molar-refractivity contribution in [2.75, 3.05) is 5.32 Å². The smallest absolute Gasteiger partial charge is 0.248 e. The first-order valence-corrected chi connectivity index (χ1v) is 7.38. The summed E-state index contributed by atoms with van der Waals surface area (Å²) < 4.78 is 1.87. The lowest BCUT2D eigenvalue weighted by atomic mass is 10.2. The Balaban J connectivity index is 2.12. The molecular formula is C16H18N6O. The quantitative estimate of drug-likeness (QED) is 0.770. The Bertz CT molecular complexity index is 899. The Morgan fingerprint density at radius 3 is 2.78 bits per heavy atom. The van der Waals surface area contributed by atoms with Crippen LogP contribution in [-0.2, 0) is 6.54 Å². The van der Waals surface area contributed by atoms with Crippen molar-refractivity contribution >= 4 is 28.4 Å². The normalized spacial score (nSPS) is 10.9. The number of amides is 1. The molecule has 0 spiro atoms. The number of carbonyl (C=O) groups is 1. The van der Waals surface area contributed by atoms with E-state index in [4.69, 9.17) is 5.73 Å². The molecule has 2 heterocycles. The third-order valence-corrected chi connectivity index (χ3v) is 3.58. The average Bonchev–Trinajstić information content (AvgIpc) is 2.84. The van der Waals surface area contributed by atoms with Crippen LogP contribution in [0.25, 0.3) is 11.0 Å². The number of nitrogens with one attached hydrogen (secondary N) is 1. The molecule has 3 aromatic rings. The SMILES string of the molecule is CCn1nc(C)c2nc(C)nc(Nc3cccc(C(N)=O)c3)c21. The molecule has 118 valence electrons. The number of nitrogens with zero attached hydrogens (tertiary/aromatic N) is 4. The molecule has 0 saturated heterocycles. The van der Waals surface area contributed by atoms with Crippen LogP contribution in [-0.4, -0.2) is 25.7 Å². The van der Waals surface area contributed by atoms with E-state index in [1.807, 2.05) is 31.5 Å². The van der Waals surface area contributed by atoms with Crippen LogP contribution in [0.2, 0.25) is 0 Å². The van der Waals surface area contributed by atoms with Gasteiger partial charge in [-0.2, -0.15) is 5.10 Å². The van der Waals surface area contributed by atoms with E-state index in [-0.39, 0.29) is 0 Å². The lowest BCUT2D eigenvalue weighted by Gasteiger charge is -2.10. The Morgan fingerprint density at radius 2 is 2.09 bits per heavy atom. The average molecular weight is 310 g/mol. The largest absolute Gasteiger partial charge is 0.366 e. The van der Waals surface area contributed by atoms with E-state index >= 15 is 0 Å². The molecule has 3 rings (SSSR count). The Morgan fingerprint density at radius 1 is 1.30 bits per heavy atom. The first kappa shape index (κ1) is 15.0. The molecule has 0 saturated carbocycles. The fraction of sp³-hybridized carbons (Fsp3) is 0.250. The summed E-state index contributed by atoms with van der Waals surface area (Å²) in [7, 11) is 0. The molecule has 7 nitrogen and oxygen atoms in total. The van der Waals surface area contributed by atoms with Gasteiger partial charge in [0.25, 0.3) is 0 Å². The van der Waals surface area contributed by atoms with Crippen molar-refractivity contribution in [1.29, 1.82) is 0 Å². The molecule has 0 aliphatic heterocycles. The van der Waals surface area contributed by atoms with Crippen LogP contribution in [0, 0.1) is 13.8 Å². The van der Waals surface area contributed by atoms with Gasteiger partial charge >= 0.3 is 0 Å². The van der Waals surface area contributed by atoms with Gasteiger partial charge in [-0.1, -0.05) is 6.07 Å². The number of benzene rings is 1. The van der Waals surface area contributed by atoms with Crippen LogP contribution in [0.1, 0.15) is 28.8 Å². The van der Waals surface area contributed by atoms with Gasteiger partial charge in [-0.25, -0.2) is 9.97 Å². The molecule has 0 atom stereocenters. The molecule has 1 aromatic carbocycles. The van der Waals surface area contributed by atoms with Gasteiger partial charge in [-0.15, -0.1) is 0 Å². The second-order valence-corrected chi connectivity index (χ2v) is 5.29. The van der Waals surface area contributed by atoms with Gasteiger partial charge in [0.15, 0.2) is 5.82 Å². The maximum atomic E-state index is 11.3. The van der Waals surface area contributed by atoms with Crippen molar-refractivity contribution < 1.29 is 4.79 Å². The molecule has 0 aliphatic rings. The molecule has 0 fully saturated rings. The van der Waals surface area contributed by atoms with E-state index in [0.29, 0.717) is 23.8 Å². The Hall–Kier alpha value is -2.96. The van der Waals surface area contributed by atoms with E-state index < -0.39 is 5.91 Å². The number of nitrogens with two attached hydrogens (primary N) is 1. The highest BCUT2D eigenvalue weighted by molar-refractivity contribution is 5.94. The maximum Gasteiger partial charge on any atom is 0.248 e. The van der Waals surface area contributed by atoms with Gasteiger partial charge in [0.2, 0.25) is 5.91 Å². The molecule has 0 unspecified atom stereocenters. The fourth-order valence-electron chi connectivity index (χ4n) is 2.54. The van der Waals surface area contributed by atoms with Gasteiger partial charge in [-0.3, -0.25) is 9.48 Å². The maximum absolute atomic E-state index is 11.3. The highest BCUT2D eigenvalue weighted by Crippen LogP contribution is 2.26. The van der Waals surface area contributed by atoms with E-state index in [0.717, 1.165) is 22.4 Å². The molecule has 0 radical (unpaired) electrons. The van der Waals surface area contributed by atoms with Gasteiger partial charge in [0, 0.05) is 17.8 Å². The minimum atomic E-state index is -0.466. The van der Waals surface area contributed by atoms with Crippen LogP contribution in [0.4, 0.5) is 11.5 Å². The highest BCUT2D eigenvalue weighted by atomic mass is 16.1. The number of anilines is 2. The first-order chi connectivity index (χ1) is 11.0. The van der Waals surface area contributed by atoms with Crippen molar-refractivity contribution in [2.24, 2.45) is 5.73 Å². The van der Waals surface area contributed by atoms with E-state index in [1.165, 1.54) is 0 Å². The minimum absolute atomic E-state index is 0.442. The summed E-state index contributed by atoms with van der Waals surface area (Å²) in [6, 6.07) is 7.01. The van der Waals surface area contributed by atoms with Gasteiger partial charge in [0.1, 0.15) is 16.9 Å². The molecule has 3 N–H and O–H groups in total. The van der Waals surface area contributed by atoms with Crippen LogP contribution in [0.15, 0.2) is 24.3 Å². The number of fused-ring (bicyclic) bond motifs is 1. The van der Waals surface area contributed by atoms with Crippen molar-refractivity contribution in [3.05, 3.63) is 41.3 Å². The topological polar surface area (TPSA) is 98.7 Å². The summed E-state index contributed by atoms with van der Waals surface area (Å²) in [4.78, 5) is 20.3. The van der Waals surface area contributed by atoms with Crippen LogP contribution in [0.5, 0.6) is 0 Å². The minimum Gasteiger partial charge on any atom is -0.366 e. The van der Waals surface area contributed by atoms with E-state index in [2.05, 4.69) is 20.4 Å². The summed E-state index contributed by atoms with van der Waals surface area (Å²) >= 11 is 0. The molecule has 7 heteroatoms. The number of carbonyl (C=O) groups excluding carboxylic acids is 1. The first-order valence-electron chi connectivity index (χ1n) is 7.38. The number of aromatic nitrogens is 4. The van der Waals surface area contributed by atoms with Gasteiger partial charge in [-0.05, 0) is 39.0 Å². The third-order valence-electron chi connectivity index (χ3n) is 3.58. The third kappa shape index (κ3) is 2.73. The number of primary amides is 1. The predicted octanol–water partition coefficient (Wildman–Crippen LogP) is 2.31. The van der Waals surface area contributed by atoms with Crippen molar-refractivity contribution in [3.63, 3.8) is 0 Å². The number of hydrogen-bond acceptors (Lipinski definition) is 5. The number of aryl methyl sites for hydroxylation is 3. The lowest BCUT2D eigenvalue weighted by Crippen LogP contribution is -2.11. The molecule has 0 aliphatic carbocycles. The van der Waals surface area contributed by atoms with E-state index in [9.17, 15) is 4.79 Å². The summed E-state index contributed by atoms with van der Waals surface area (Å²) in [5.41, 5.74) is 9.05. The summed E-state index contributed by atoms with van der Waals surface area (Å²) in [6.07, 6.45) is 0. The Labute approximate surface area is 133 Å². The van der Waals surface area contributed by atoms with Crippen molar-refractivity contribution in [3.8, 4) is 0 Å². The Kier molecular flexibility index (Phi) is 3.69. The predicted molar refractivity (Wildman–Crippen MR) is 88.7 cm³/mol. The van der Waals surface area contributed by atoms with Gasteiger partial charge < -0.3 is 11.1 Å². The van der Waals surface area contributed by atoms with Crippen molar-refractivity contribution in [2.45, 2.75) is 27.3 Å². The zero-order valence-corrected chi connectivity index (χ0v) is 13.3. The second kappa shape index (κ2) is 5.68. The van der Waals surface area contributed by atoms with E-state index in [1.54, 1.807) is 18.2 Å². The zero-order chi connectivity index (χ0) is 16.6. The molecule has 0 bridgehead atoms. The second-order valence-electron chi connectivity index (χ2n) is 5.29. The molecule has 2 aromatic heterocycles. The van der Waals surface area contributed by atoms with Gasteiger partial charge in [0.05, 0.1) is 5.69 Å². The van der Waals surface area contributed by atoms with Crippen LogP contribution >= 0.6 is 0 Å². The molecular weight excluding hydrogens is 292 g/mol. The summed E-state index contributed by atoms with van der Waals surface area (Å²) in [6.45, 7) is 6.50. The summed E-state index contributed by atoms with van der Waals surface area (Å²) in [5.74, 6) is 0.855. The monoisotopic (exact) mass is 310 g/mol.